The van der Waals surface area contributed by atoms with Crippen molar-refractivity contribution in [3.63, 3.8) is 0 Å². The van der Waals surface area contributed by atoms with Gasteiger partial charge in [-0.1, -0.05) is 59.7 Å². The maximum Gasteiger partial charge on any atom is 0.146 e. The Morgan fingerprint density at radius 2 is 1.52 bits per heavy atom. The highest BCUT2D eigenvalue weighted by Crippen LogP contribution is 2.40. The first-order valence-electron chi connectivity index (χ1n) is 8.84. The van der Waals surface area contributed by atoms with Gasteiger partial charge in [-0.2, -0.15) is 0 Å². The molecule has 1 aromatic heterocycles. The number of benzene rings is 2. The molecule has 0 aliphatic rings. The van der Waals surface area contributed by atoms with E-state index in [0.717, 1.165) is 23.0 Å². The molecule has 0 saturated heterocycles. The first kappa shape index (κ1) is 17.5. The minimum atomic E-state index is -0.175. The summed E-state index contributed by atoms with van der Waals surface area (Å²) in [7, 11) is 0. The summed E-state index contributed by atoms with van der Waals surface area (Å²) in [6, 6.07) is 11.9. The van der Waals surface area contributed by atoms with Crippen molar-refractivity contribution < 1.29 is 5.11 Å². The Labute approximate surface area is 149 Å². The number of phenols is 1. The van der Waals surface area contributed by atoms with Crippen LogP contribution in [0.1, 0.15) is 59.1 Å². The monoisotopic (exact) mass is 337 g/mol. The molecule has 132 valence electrons. The predicted octanol–water partition coefficient (Wildman–Crippen LogP) is 5.11. The smallest absolute Gasteiger partial charge is 0.146 e. The quantitative estimate of drug-likeness (QED) is 0.722. The van der Waals surface area contributed by atoms with E-state index >= 15 is 0 Å². The van der Waals surface area contributed by atoms with Gasteiger partial charge in [-0.3, -0.25) is 0 Å². The van der Waals surface area contributed by atoms with E-state index < -0.39 is 0 Å². The molecule has 4 heteroatoms. The molecule has 1 heterocycles. The maximum atomic E-state index is 11.0. The molecule has 4 nitrogen and oxygen atoms in total. The third-order valence-corrected chi connectivity index (χ3v) is 5.07. The molecule has 0 bridgehead atoms. The Bertz CT molecular complexity index is 884. The zero-order valence-corrected chi connectivity index (χ0v) is 16.0. The Hall–Kier alpha value is -2.36. The van der Waals surface area contributed by atoms with Crippen LogP contribution in [0.4, 0.5) is 0 Å². The van der Waals surface area contributed by atoms with Crippen molar-refractivity contribution in [3.8, 4) is 11.4 Å². The van der Waals surface area contributed by atoms with Gasteiger partial charge in [0.2, 0.25) is 0 Å². The van der Waals surface area contributed by atoms with Gasteiger partial charge in [0.1, 0.15) is 22.5 Å². The first-order valence-corrected chi connectivity index (χ1v) is 8.84. The van der Waals surface area contributed by atoms with Gasteiger partial charge in [-0.05, 0) is 41.0 Å². The summed E-state index contributed by atoms with van der Waals surface area (Å²) in [6.45, 7) is 13.0. The van der Waals surface area contributed by atoms with E-state index in [9.17, 15) is 5.11 Å². The highest BCUT2D eigenvalue weighted by Gasteiger charge is 2.27. The zero-order chi connectivity index (χ0) is 18.4. The van der Waals surface area contributed by atoms with Gasteiger partial charge in [-0.15, -0.1) is 15.0 Å². The van der Waals surface area contributed by atoms with Crippen LogP contribution in [0.15, 0.2) is 36.4 Å². The highest BCUT2D eigenvalue weighted by molar-refractivity contribution is 5.73. The molecule has 2 aromatic carbocycles. The van der Waals surface area contributed by atoms with E-state index in [4.69, 9.17) is 0 Å². The molecule has 0 aliphatic heterocycles. The zero-order valence-electron chi connectivity index (χ0n) is 16.0. The van der Waals surface area contributed by atoms with Crippen molar-refractivity contribution in [2.75, 3.05) is 0 Å². The van der Waals surface area contributed by atoms with Crippen molar-refractivity contribution in [2.24, 2.45) is 0 Å². The van der Waals surface area contributed by atoms with Crippen molar-refractivity contribution in [2.45, 2.75) is 58.8 Å². The number of aromatic nitrogens is 3. The molecular formula is C21H27N3O. The van der Waals surface area contributed by atoms with Crippen LogP contribution in [0.3, 0.4) is 0 Å². The van der Waals surface area contributed by atoms with Gasteiger partial charge in [-0.25, -0.2) is 0 Å². The largest absolute Gasteiger partial charge is 0.505 e. The number of hydrogen-bond acceptors (Lipinski definition) is 3. The summed E-state index contributed by atoms with van der Waals surface area (Å²) in [4.78, 5) is 1.56. The van der Waals surface area contributed by atoms with Gasteiger partial charge < -0.3 is 5.11 Å². The number of rotatable bonds is 3. The van der Waals surface area contributed by atoms with Crippen LogP contribution < -0.4 is 0 Å². The molecule has 0 aliphatic carbocycles. The molecule has 3 rings (SSSR count). The molecule has 0 spiro atoms. The third kappa shape index (κ3) is 3.13. The van der Waals surface area contributed by atoms with Crippen molar-refractivity contribution >= 4 is 11.0 Å². The van der Waals surface area contributed by atoms with Gasteiger partial charge in [0.15, 0.2) is 0 Å². The van der Waals surface area contributed by atoms with E-state index in [1.807, 2.05) is 30.3 Å². The highest BCUT2D eigenvalue weighted by atomic mass is 16.3. The maximum absolute atomic E-state index is 11.0. The van der Waals surface area contributed by atoms with Crippen LogP contribution >= 0.6 is 0 Å². The Morgan fingerprint density at radius 3 is 2.00 bits per heavy atom. The number of hydrogen-bond donors (Lipinski definition) is 1. The molecule has 0 unspecified atom stereocenters. The molecule has 0 saturated carbocycles. The molecule has 0 amide bonds. The Kier molecular flexibility index (Phi) is 4.10. The fraction of sp³-hybridized carbons (Fsp3) is 0.429. The summed E-state index contributed by atoms with van der Waals surface area (Å²) in [6.07, 6.45) is 1.01. The van der Waals surface area contributed by atoms with Gasteiger partial charge in [0.25, 0.3) is 0 Å². The van der Waals surface area contributed by atoms with E-state index in [2.05, 4.69) is 57.8 Å². The van der Waals surface area contributed by atoms with Crippen LogP contribution in [0.2, 0.25) is 0 Å². The van der Waals surface area contributed by atoms with E-state index in [0.29, 0.717) is 5.69 Å². The first-order chi connectivity index (χ1) is 11.6. The van der Waals surface area contributed by atoms with Crippen LogP contribution in [0, 0.1) is 0 Å². The lowest BCUT2D eigenvalue weighted by Gasteiger charge is -2.29. The van der Waals surface area contributed by atoms with E-state index in [1.165, 1.54) is 5.56 Å². The molecule has 3 aromatic rings. The topological polar surface area (TPSA) is 50.9 Å². The SMILES string of the molecule is CCC(C)(C)c1cc(-n2nc3ccccc3n2)c(O)c(C(C)(C)C)c1. The second-order valence-electron chi connectivity index (χ2n) is 8.36. The standard InChI is InChI=1S/C21H27N3O/c1-7-21(5,6)14-12-15(20(2,3)4)19(25)18(13-14)24-22-16-10-8-9-11-17(16)23-24/h8-13,25H,7H2,1-6H3. The average Bonchev–Trinajstić information content (AvgIpc) is 2.97. The van der Waals surface area contributed by atoms with E-state index in [-0.39, 0.29) is 16.6 Å². The molecule has 0 radical (unpaired) electrons. The summed E-state index contributed by atoms with van der Waals surface area (Å²) >= 11 is 0. The van der Waals surface area contributed by atoms with Crippen molar-refractivity contribution in [1.29, 1.82) is 0 Å². The second-order valence-corrected chi connectivity index (χ2v) is 8.36. The average molecular weight is 337 g/mol. The van der Waals surface area contributed by atoms with Crippen LogP contribution in [0.5, 0.6) is 5.75 Å². The molecule has 25 heavy (non-hydrogen) atoms. The summed E-state index contributed by atoms with van der Waals surface area (Å²) in [5, 5.41) is 20.1. The minimum absolute atomic E-state index is 0.00895. The lowest BCUT2D eigenvalue weighted by Crippen LogP contribution is -2.20. The fourth-order valence-electron chi connectivity index (χ4n) is 2.91. The second kappa shape index (κ2) is 5.87. The Morgan fingerprint density at radius 1 is 0.960 bits per heavy atom. The third-order valence-electron chi connectivity index (χ3n) is 5.07. The van der Waals surface area contributed by atoms with Crippen LogP contribution in [0.25, 0.3) is 16.7 Å². The molecule has 0 atom stereocenters. The van der Waals surface area contributed by atoms with E-state index in [1.54, 1.807) is 4.80 Å². The van der Waals surface area contributed by atoms with Crippen LogP contribution in [-0.2, 0) is 10.8 Å². The normalized spacial score (nSPS) is 12.7. The summed E-state index contributed by atoms with van der Waals surface area (Å²) in [5.74, 6) is 0.253. The number of phenolic OH excluding ortho intramolecular Hbond substituents is 1. The van der Waals surface area contributed by atoms with Crippen molar-refractivity contribution in [3.05, 3.63) is 47.5 Å². The van der Waals surface area contributed by atoms with Gasteiger partial charge in [0, 0.05) is 5.56 Å². The molecular weight excluding hydrogens is 310 g/mol. The van der Waals surface area contributed by atoms with Gasteiger partial charge >= 0.3 is 0 Å². The van der Waals surface area contributed by atoms with Crippen LogP contribution in [-0.4, -0.2) is 20.1 Å². The van der Waals surface area contributed by atoms with Gasteiger partial charge in [0.05, 0.1) is 0 Å². The summed E-state index contributed by atoms with van der Waals surface area (Å²) in [5.41, 5.74) is 4.22. The lowest BCUT2D eigenvalue weighted by atomic mass is 9.77. The fourth-order valence-corrected chi connectivity index (χ4v) is 2.91. The number of fused-ring (bicyclic) bond motifs is 1. The predicted molar refractivity (Wildman–Crippen MR) is 103 cm³/mol. The Balaban J connectivity index is 2.29. The number of nitrogens with zero attached hydrogens (tertiary/aromatic N) is 3. The van der Waals surface area contributed by atoms with Crippen molar-refractivity contribution in [1.82, 2.24) is 15.0 Å². The molecule has 0 fully saturated rings. The molecule has 1 N–H and O–H groups in total. The number of aromatic hydroxyl groups is 1. The minimum Gasteiger partial charge on any atom is -0.505 e. The summed E-state index contributed by atoms with van der Waals surface area (Å²) < 4.78 is 0. The lowest BCUT2D eigenvalue weighted by molar-refractivity contribution is 0.436.